The second kappa shape index (κ2) is 5.17. The first-order valence-electron chi connectivity index (χ1n) is 7.62. The van der Waals surface area contributed by atoms with Gasteiger partial charge >= 0.3 is 5.97 Å². The highest BCUT2D eigenvalue weighted by Gasteiger charge is 2.37. The van der Waals surface area contributed by atoms with Gasteiger partial charge < -0.3 is 10.0 Å². The molecule has 1 aromatic rings. The SMILES string of the molecule is Cc1ccc(C2CCC2)c(C)c1N1CC(C(=O)O)CC1=O. The molecule has 2 aliphatic rings. The van der Waals surface area contributed by atoms with E-state index in [0.717, 1.165) is 16.8 Å². The Balaban J connectivity index is 1.98. The fourth-order valence-corrected chi connectivity index (χ4v) is 3.52. The lowest BCUT2D eigenvalue weighted by Crippen LogP contribution is -2.28. The zero-order valence-corrected chi connectivity index (χ0v) is 12.6. The summed E-state index contributed by atoms with van der Waals surface area (Å²) in [6, 6.07) is 4.24. The quantitative estimate of drug-likeness (QED) is 0.929. The van der Waals surface area contributed by atoms with Gasteiger partial charge in [-0.2, -0.15) is 0 Å². The molecule has 3 rings (SSSR count). The number of hydrogen-bond acceptors (Lipinski definition) is 2. The number of carbonyl (C=O) groups excluding carboxylic acids is 1. The van der Waals surface area contributed by atoms with E-state index in [4.69, 9.17) is 5.11 Å². The van der Waals surface area contributed by atoms with Crippen molar-refractivity contribution in [3.63, 3.8) is 0 Å². The molecule has 1 saturated carbocycles. The molecule has 1 heterocycles. The topological polar surface area (TPSA) is 57.6 Å². The summed E-state index contributed by atoms with van der Waals surface area (Å²) in [5, 5.41) is 9.15. The first-order chi connectivity index (χ1) is 9.99. The third-order valence-corrected chi connectivity index (χ3v) is 4.96. The van der Waals surface area contributed by atoms with Crippen LogP contribution in [0.1, 0.15) is 48.3 Å². The van der Waals surface area contributed by atoms with Gasteiger partial charge in [0.25, 0.3) is 0 Å². The van der Waals surface area contributed by atoms with Gasteiger partial charge in [0.15, 0.2) is 0 Å². The van der Waals surface area contributed by atoms with E-state index < -0.39 is 11.9 Å². The average Bonchev–Trinajstić information content (AvgIpc) is 2.73. The van der Waals surface area contributed by atoms with Gasteiger partial charge in [-0.25, -0.2) is 0 Å². The second-order valence-corrected chi connectivity index (χ2v) is 6.32. The number of rotatable bonds is 3. The zero-order valence-electron chi connectivity index (χ0n) is 12.6. The van der Waals surface area contributed by atoms with Crippen molar-refractivity contribution in [2.45, 2.75) is 45.4 Å². The van der Waals surface area contributed by atoms with Crippen molar-refractivity contribution in [1.29, 1.82) is 0 Å². The van der Waals surface area contributed by atoms with Crippen LogP contribution in [-0.2, 0) is 9.59 Å². The monoisotopic (exact) mass is 287 g/mol. The van der Waals surface area contributed by atoms with Crippen LogP contribution in [0.3, 0.4) is 0 Å². The van der Waals surface area contributed by atoms with E-state index in [1.807, 2.05) is 6.92 Å². The van der Waals surface area contributed by atoms with Crippen molar-refractivity contribution < 1.29 is 14.7 Å². The van der Waals surface area contributed by atoms with Gasteiger partial charge in [-0.15, -0.1) is 0 Å². The minimum Gasteiger partial charge on any atom is -0.481 e. The van der Waals surface area contributed by atoms with Crippen molar-refractivity contribution in [3.8, 4) is 0 Å². The summed E-state index contributed by atoms with van der Waals surface area (Å²) in [6.07, 6.45) is 3.82. The van der Waals surface area contributed by atoms with Crippen LogP contribution in [0.25, 0.3) is 0 Å². The van der Waals surface area contributed by atoms with Gasteiger partial charge in [0.1, 0.15) is 0 Å². The molecule has 1 aromatic carbocycles. The molecule has 1 aliphatic carbocycles. The minimum atomic E-state index is -0.878. The van der Waals surface area contributed by atoms with Crippen LogP contribution < -0.4 is 4.90 Å². The highest BCUT2D eigenvalue weighted by atomic mass is 16.4. The highest BCUT2D eigenvalue weighted by Crippen LogP contribution is 2.42. The summed E-state index contributed by atoms with van der Waals surface area (Å²) in [4.78, 5) is 25.1. The average molecular weight is 287 g/mol. The number of amides is 1. The van der Waals surface area contributed by atoms with Crippen LogP contribution in [0, 0.1) is 19.8 Å². The maximum atomic E-state index is 12.2. The fourth-order valence-electron chi connectivity index (χ4n) is 3.52. The molecule has 4 nitrogen and oxygen atoms in total. The lowest BCUT2D eigenvalue weighted by atomic mass is 9.77. The number of aliphatic carboxylic acids is 1. The molecule has 2 fully saturated rings. The summed E-state index contributed by atoms with van der Waals surface area (Å²) in [5.74, 6) is -0.920. The van der Waals surface area contributed by atoms with Gasteiger partial charge in [0, 0.05) is 18.7 Å². The molecule has 0 bridgehead atoms. The number of hydrogen-bond donors (Lipinski definition) is 1. The first-order valence-corrected chi connectivity index (χ1v) is 7.62. The van der Waals surface area contributed by atoms with E-state index in [1.54, 1.807) is 4.90 Å². The molecule has 1 N–H and O–H groups in total. The summed E-state index contributed by atoms with van der Waals surface area (Å²) >= 11 is 0. The van der Waals surface area contributed by atoms with Crippen molar-refractivity contribution in [2.24, 2.45) is 5.92 Å². The summed E-state index contributed by atoms with van der Waals surface area (Å²) < 4.78 is 0. The molecule has 0 aromatic heterocycles. The molecule has 1 atom stereocenters. The Kier molecular flexibility index (Phi) is 3.47. The number of anilines is 1. The predicted octanol–water partition coefficient (Wildman–Crippen LogP) is 3.01. The second-order valence-electron chi connectivity index (χ2n) is 6.32. The molecule has 1 aliphatic heterocycles. The maximum Gasteiger partial charge on any atom is 0.308 e. The van der Waals surface area contributed by atoms with Gasteiger partial charge in [-0.3, -0.25) is 9.59 Å². The molecular weight excluding hydrogens is 266 g/mol. The fraction of sp³-hybridized carbons (Fsp3) is 0.529. The van der Waals surface area contributed by atoms with E-state index in [-0.39, 0.29) is 12.3 Å². The number of benzene rings is 1. The molecule has 112 valence electrons. The summed E-state index contributed by atoms with van der Waals surface area (Å²) in [5.41, 5.74) is 4.47. The number of carboxylic acid groups (broad SMARTS) is 1. The number of carbonyl (C=O) groups is 2. The zero-order chi connectivity index (χ0) is 15.1. The van der Waals surface area contributed by atoms with Crippen LogP contribution in [-0.4, -0.2) is 23.5 Å². The summed E-state index contributed by atoms with van der Waals surface area (Å²) in [6.45, 7) is 4.36. The van der Waals surface area contributed by atoms with Crippen molar-refractivity contribution in [2.75, 3.05) is 11.4 Å². The Morgan fingerprint density at radius 3 is 2.52 bits per heavy atom. The Morgan fingerprint density at radius 2 is 2.00 bits per heavy atom. The van der Waals surface area contributed by atoms with E-state index >= 15 is 0 Å². The van der Waals surface area contributed by atoms with Crippen molar-refractivity contribution >= 4 is 17.6 Å². The third kappa shape index (κ3) is 2.33. The number of aryl methyl sites for hydroxylation is 1. The van der Waals surface area contributed by atoms with Crippen LogP contribution >= 0.6 is 0 Å². The van der Waals surface area contributed by atoms with Gasteiger partial charge in [-0.1, -0.05) is 18.6 Å². The van der Waals surface area contributed by atoms with Crippen LogP contribution in [0.15, 0.2) is 12.1 Å². The van der Waals surface area contributed by atoms with E-state index in [0.29, 0.717) is 12.5 Å². The summed E-state index contributed by atoms with van der Waals surface area (Å²) in [7, 11) is 0. The van der Waals surface area contributed by atoms with Gasteiger partial charge in [0.05, 0.1) is 5.92 Å². The van der Waals surface area contributed by atoms with Gasteiger partial charge in [0.2, 0.25) is 5.91 Å². The van der Waals surface area contributed by atoms with Crippen LogP contribution in [0.5, 0.6) is 0 Å². The Labute approximate surface area is 124 Å². The number of carboxylic acids is 1. The Hall–Kier alpha value is -1.84. The lowest BCUT2D eigenvalue weighted by Gasteiger charge is -2.30. The molecule has 0 spiro atoms. The maximum absolute atomic E-state index is 12.2. The van der Waals surface area contributed by atoms with Crippen LogP contribution in [0.2, 0.25) is 0 Å². The normalized spacial score (nSPS) is 22.5. The number of nitrogens with zero attached hydrogens (tertiary/aromatic N) is 1. The molecule has 1 unspecified atom stereocenters. The minimum absolute atomic E-state index is 0.0700. The van der Waals surface area contributed by atoms with E-state index in [2.05, 4.69) is 19.1 Å². The largest absolute Gasteiger partial charge is 0.481 e. The van der Waals surface area contributed by atoms with Gasteiger partial charge in [-0.05, 0) is 49.3 Å². The van der Waals surface area contributed by atoms with Crippen LogP contribution in [0.4, 0.5) is 5.69 Å². The van der Waals surface area contributed by atoms with Crippen molar-refractivity contribution in [1.82, 2.24) is 0 Å². The standard InChI is InChI=1S/C17H21NO3/c1-10-6-7-14(12-4-3-5-12)11(2)16(10)18-9-13(17(20)21)8-15(18)19/h6-7,12-13H,3-5,8-9H2,1-2H3,(H,20,21). The Bertz CT molecular complexity index is 604. The predicted molar refractivity (Wildman–Crippen MR) is 80.6 cm³/mol. The lowest BCUT2D eigenvalue weighted by molar-refractivity contribution is -0.141. The molecule has 0 radical (unpaired) electrons. The van der Waals surface area contributed by atoms with E-state index in [1.165, 1.54) is 24.8 Å². The first kappa shape index (κ1) is 14.1. The smallest absolute Gasteiger partial charge is 0.308 e. The molecule has 4 heteroatoms. The van der Waals surface area contributed by atoms with Crippen molar-refractivity contribution in [3.05, 3.63) is 28.8 Å². The molecule has 1 amide bonds. The molecule has 21 heavy (non-hydrogen) atoms. The molecular formula is C17H21NO3. The highest BCUT2D eigenvalue weighted by molar-refractivity contribution is 6.00. The Morgan fingerprint density at radius 1 is 1.29 bits per heavy atom. The van der Waals surface area contributed by atoms with E-state index in [9.17, 15) is 9.59 Å². The third-order valence-electron chi connectivity index (χ3n) is 4.96. The molecule has 1 saturated heterocycles.